The van der Waals surface area contributed by atoms with E-state index in [4.69, 9.17) is 9.47 Å². The zero-order valence-corrected chi connectivity index (χ0v) is 23.4. The van der Waals surface area contributed by atoms with Gasteiger partial charge in [0.1, 0.15) is 62.5 Å². The summed E-state index contributed by atoms with van der Waals surface area (Å²) in [6.07, 6.45) is 0.384. The molecule has 0 spiro atoms. The van der Waals surface area contributed by atoms with Gasteiger partial charge >= 0.3 is 23.9 Å². The van der Waals surface area contributed by atoms with E-state index in [-0.39, 0.29) is 41.7 Å². The van der Waals surface area contributed by atoms with Gasteiger partial charge in [-0.05, 0) is 18.2 Å². The van der Waals surface area contributed by atoms with Crippen molar-refractivity contribution >= 4 is 41.5 Å². The van der Waals surface area contributed by atoms with Crippen molar-refractivity contribution in [1.29, 1.82) is 0 Å². The third-order valence-corrected chi connectivity index (χ3v) is 5.63. The van der Waals surface area contributed by atoms with Gasteiger partial charge < -0.3 is 43.3 Å². The van der Waals surface area contributed by atoms with Crippen LogP contribution in [0.1, 0.15) is 10.4 Å². The molecule has 2 rings (SSSR count). The average Bonchev–Trinajstić information content (AvgIpc) is 2.98. The zero-order valence-electron chi connectivity index (χ0n) is 23.4. The number of carbonyl (C=O) groups is 5. The maximum atomic E-state index is 14.2. The number of ether oxygens (including phenoxy) is 6. The molecule has 0 amide bonds. The summed E-state index contributed by atoms with van der Waals surface area (Å²) in [5.74, 6) is -3.83. The highest BCUT2D eigenvalue weighted by Gasteiger charge is 2.23. The maximum absolute atomic E-state index is 14.2. The summed E-state index contributed by atoms with van der Waals surface area (Å²) in [5.41, 5.74) is -0.00626. The Morgan fingerprint density at radius 1 is 0.714 bits per heavy atom. The van der Waals surface area contributed by atoms with Crippen LogP contribution in [0.15, 0.2) is 30.3 Å². The fraction of sp³-hybridized carbons (Fsp3) is 0.370. The van der Waals surface area contributed by atoms with Crippen molar-refractivity contribution in [3.8, 4) is 17.2 Å². The average molecular weight is 595 g/mol. The van der Waals surface area contributed by atoms with Crippen LogP contribution in [0.4, 0.5) is 15.8 Å². The molecule has 0 bridgehead atoms. The molecule has 0 aliphatic heterocycles. The van der Waals surface area contributed by atoms with Gasteiger partial charge in [0, 0.05) is 12.1 Å². The van der Waals surface area contributed by atoms with Crippen LogP contribution >= 0.6 is 0 Å². The minimum atomic E-state index is -0.709. The van der Waals surface area contributed by atoms with E-state index in [1.165, 1.54) is 21.9 Å². The molecule has 0 unspecified atom stereocenters. The number of hydrogen-bond acceptors (Lipinski definition) is 14. The number of methoxy groups -OCH3 is 4. The standard InChI is InChI=1S/C27H31FN2O12/c1-37-24(33)12-29(13-25(34)38-2)19-10-18(28)5-6-22(19)41-7-8-42-23-9-17(16-31)21(32)11-20(23)30(14-26(35)39-3)15-27(36)40-4/h5-6,9-11,16,32H,7-8,12-15H2,1-4H3. The van der Waals surface area contributed by atoms with E-state index in [1.54, 1.807) is 0 Å². The Balaban J connectivity index is 2.32. The summed E-state index contributed by atoms with van der Waals surface area (Å²) in [6, 6.07) is 5.81. The number of rotatable bonds is 16. The van der Waals surface area contributed by atoms with E-state index in [0.717, 1.165) is 46.6 Å². The Hall–Kier alpha value is -5.08. The van der Waals surface area contributed by atoms with Gasteiger partial charge in [-0.3, -0.25) is 24.0 Å². The molecule has 0 atom stereocenters. The number of esters is 4. The molecule has 0 fully saturated rings. The predicted octanol–water partition coefficient (Wildman–Crippen LogP) is 1.11. The molecule has 2 aromatic carbocycles. The summed E-state index contributed by atoms with van der Waals surface area (Å²) >= 11 is 0. The van der Waals surface area contributed by atoms with E-state index in [0.29, 0.717) is 6.29 Å². The summed E-state index contributed by atoms with van der Waals surface area (Å²) in [5, 5.41) is 10.3. The minimum Gasteiger partial charge on any atom is -0.507 e. The van der Waals surface area contributed by atoms with Gasteiger partial charge in [-0.1, -0.05) is 0 Å². The molecule has 15 heteroatoms. The van der Waals surface area contributed by atoms with E-state index in [1.807, 2.05) is 0 Å². The normalized spacial score (nSPS) is 10.2. The second kappa shape index (κ2) is 16.2. The van der Waals surface area contributed by atoms with E-state index < -0.39 is 61.6 Å². The molecule has 0 saturated carbocycles. The molecule has 14 nitrogen and oxygen atoms in total. The van der Waals surface area contributed by atoms with Gasteiger partial charge in [-0.25, -0.2) is 4.39 Å². The van der Waals surface area contributed by atoms with Gasteiger partial charge in [0.05, 0.1) is 45.4 Å². The van der Waals surface area contributed by atoms with Crippen LogP contribution in [-0.2, 0) is 38.1 Å². The smallest absolute Gasteiger partial charge is 0.325 e. The topological polar surface area (TPSA) is 167 Å². The molecule has 2 aromatic rings. The lowest BCUT2D eigenvalue weighted by Gasteiger charge is -2.26. The van der Waals surface area contributed by atoms with Gasteiger partial charge in [-0.15, -0.1) is 0 Å². The summed E-state index contributed by atoms with van der Waals surface area (Å²) in [6.45, 7) is -2.03. The first-order chi connectivity index (χ1) is 20.1. The summed E-state index contributed by atoms with van der Waals surface area (Å²) in [7, 11) is 4.62. The quantitative estimate of drug-likeness (QED) is 0.127. The summed E-state index contributed by atoms with van der Waals surface area (Å²) in [4.78, 5) is 61.8. The number of halogens is 1. The van der Waals surface area contributed by atoms with E-state index >= 15 is 0 Å². The fourth-order valence-electron chi connectivity index (χ4n) is 3.53. The summed E-state index contributed by atoms with van der Waals surface area (Å²) < 4.78 is 44.4. The number of anilines is 2. The Morgan fingerprint density at radius 2 is 1.14 bits per heavy atom. The molecular formula is C27H31FN2O12. The third-order valence-electron chi connectivity index (χ3n) is 5.63. The molecule has 42 heavy (non-hydrogen) atoms. The van der Waals surface area contributed by atoms with Crippen LogP contribution in [0.25, 0.3) is 0 Å². The highest BCUT2D eigenvalue weighted by molar-refractivity contribution is 5.87. The number of phenols is 1. The van der Waals surface area contributed by atoms with Crippen molar-refractivity contribution in [2.45, 2.75) is 0 Å². The monoisotopic (exact) mass is 594 g/mol. The largest absolute Gasteiger partial charge is 0.507 e. The Bertz CT molecular complexity index is 1250. The molecule has 0 radical (unpaired) electrons. The predicted molar refractivity (Wildman–Crippen MR) is 143 cm³/mol. The SMILES string of the molecule is COC(=O)CN(CC(=O)OC)c1cc(F)ccc1OCCOc1cc(C=O)c(O)cc1N(CC(=O)OC)CC(=O)OC. The van der Waals surface area contributed by atoms with Crippen LogP contribution in [0.5, 0.6) is 17.2 Å². The molecule has 0 aromatic heterocycles. The first-order valence-electron chi connectivity index (χ1n) is 12.2. The van der Waals surface area contributed by atoms with Crippen molar-refractivity contribution in [3.63, 3.8) is 0 Å². The minimum absolute atomic E-state index is 0.00337. The van der Waals surface area contributed by atoms with Gasteiger partial charge in [0.2, 0.25) is 0 Å². The van der Waals surface area contributed by atoms with Crippen LogP contribution in [0.2, 0.25) is 0 Å². The van der Waals surface area contributed by atoms with Crippen molar-refractivity contribution in [1.82, 2.24) is 0 Å². The lowest BCUT2D eigenvalue weighted by molar-refractivity contribution is -0.141. The Labute approximate surface area is 240 Å². The molecule has 1 N–H and O–H groups in total. The van der Waals surface area contributed by atoms with Crippen LogP contribution in [-0.4, -0.2) is 103 Å². The number of aromatic hydroxyl groups is 1. The van der Waals surface area contributed by atoms with Crippen LogP contribution in [0, 0.1) is 5.82 Å². The van der Waals surface area contributed by atoms with Gasteiger partial charge in [-0.2, -0.15) is 0 Å². The fourth-order valence-corrected chi connectivity index (χ4v) is 3.53. The van der Waals surface area contributed by atoms with Crippen molar-refractivity contribution in [2.24, 2.45) is 0 Å². The highest BCUT2D eigenvalue weighted by atomic mass is 19.1. The van der Waals surface area contributed by atoms with Gasteiger partial charge in [0.25, 0.3) is 0 Å². The molecular weight excluding hydrogens is 563 g/mol. The first-order valence-corrected chi connectivity index (χ1v) is 12.2. The lowest BCUT2D eigenvalue weighted by Crippen LogP contribution is -2.36. The second-order valence-electron chi connectivity index (χ2n) is 8.32. The molecule has 0 heterocycles. The van der Waals surface area contributed by atoms with Gasteiger partial charge in [0.15, 0.2) is 6.29 Å². The highest BCUT2D eigenvalue weighted by Crippen LogP contribution is 2.35. The number of aldehydes is 1. The van der Waals surface area contributed by atoms with Crippen molar-refractivity contribution in [2.75, 3.05) is 77.6 Å². The number of phenolic OH excluding ortho intramolecular Hbond substituents is 1. The lowest BCUT2D eigenvalue weighted by atomic mass is 10.1. The Morgan fingerprint density at radius 3 is 1.57 bits per heavy atom. The maximum Gasteiger partial charge on any atom is 0.325 e. The number of benzene rings is 2. The molecule has 0 saturated heterocycles. The van der Waals surface area contributed by atoms with Crippen LogP contribution < -0.4 is 19.3 Å². The van der Waals surface area contributed by atoms with Crippen molar-refractivity contribution < 1.29 is 61.9 Å². The second-order valence-corrected chi connectivity index (χ2v) is 8.32. The number of hydrogen-bond donors (Lipinski definition) is 1. The van der Waals surface area contributed by atoms with E-state index in [9.17, 15) is 33.5 Å². The van der Waals surface area contributed by atoms with Crippen LogP contribution in [0.3, 0.4) is 0 Å². The van der Waals surface area contributed by atoms with E-state index in [2.05, 4.69) is 18.9 Å². The molecule has 228 valence electrons. The first kappa shape index (κ1) is 33.1. The molecule has 0 aliphatic carbocycles. The zero-order chi connectivity index (χ0) is 31.2. The Kier molecular flexibility index (Phi) is 12.8. The van der Waals surface area contributed by atoms with Crippen molar-refractivity contribution in [3.05, 3.63) is 41.7 Å². The number of nitrogens with zero attached hydrogens (tertiary/aromatic N) is 2. The third kappa shape index (κ3) is 9.53. The number of carbonyl (C=O) groups excluding carboxylic acids is 5. The molecule has 0 aliphatic rings.